The van der Waals surface area contributed by atoms with E-state index in [2.05, 4.69) is 73.8 Å². The van der Waals surface area contributed by atoms with Crippen LogP contribution in [0, 0.1) is 0 Å². The number of amides is 1. The number of benzene rings is 3. The molecule has 0 aromatic heterocycles. The van der Waals surface area contributed by atoms with Crippen molar-refractivity contribution in [1.82, 2.24) is 5.32 Å². The molecular weight excluding hydrogens is 474 g/mol. The second-order valence-corrected chi connectivity index (χ2v) is 10.1. The van der Waals surface area contributed by atoms with E-state index in [0.29, 0.717) is 19.8 Å². The third kappa shape index (κ3) is 8.98. The Morgan fingerprint density at radius 3 is 2.11 bits per heavy atom. The zero-order valence-corrected chi connectivity index (χ0v) is 23.4. The molecule has 0 radical (unpaired) electrons. The lowest BCUT2D eigenvalue weighted by Gasteiger charge is -2.19. The Morgan fingerprint density at radius 1 is 0.763 bits per heavy atom. The van der Waals surface area contributed by atoms with Gasteiger partial charge in [-0.25, -0.2) is 4.79 Å². The van der Waals surface area contributed by atoms with E-state index in [4.69, 9.17) is 14.2 Å². The molecule has 1 N–H and O–H groups in total. The van der Waals surface area contributed by atoms with Gasteiger partial charge in [-0.2, -0.15) is 0 Å². The van der Waals surface area contributed by atoms with Gasteiger partial charge in [0.15, 0.2) is 0 Å². The third-order valence-electron chi connectivity index (χ3n) is 5.85. The van der Waals surface area contributed by atoms with Crippen LogP contribution in [-0.2, 0) is 4.74 Å². The topological polar surface area (TPSA) is 56.8 Å². The first-order valence-corrected chi connectivity index (χ1v) is 13.5. The van der Waals surface area contributed by atoms with E-state index in [9.17, 15) is 4.79 Å². The summed E-state index contributed by atoms with van der Waals surface area (Å²) >= 11 is 0. The first-order chi connectivity index (χ1) is 18.3. The zero-order chi connectivity index (χ0) is 27.4. The van der Waals surface area contributed by atoms with Gasteiger partial charge >= 0.3 is 6.09 Å². The molecule has 0 aliphatic carbocycles. The molecule has 1 amide bonds. The predicted octanol–water partition coefficient (Wildman–Crippen LogP) is 8.14. The van der Waals surface area contributed by atoms with Crippen LogP contribution >= 0.6 is 0 Å². The van der Waals surface area contributed by atoms with Gasteiger partial charge in [0.1, 0.15) is 23.7 Å². The highest BCUT2D eigenvalue weighted by atomic mass is 16.6. The lowest BCUT2D eigenvalue weighted by Crippen LogP contribution is -2.34. The number of hydrogen-bond donors (Lipinski definition) is 1. The number of nitrogens with one attached hydrogen (secondary N) is 1. The minimum Gasteiger partial charge on any atom is -0.494 e. The third-order valence-corrected chi connectivity index (χ3v) is 5.85. The Hall–Kier alpha value is -3.73. The molecule has 0 unspecified atom stereocenters. The van der Waals surface area contributed by atoms with Crippen molar-refractivity contribution >= 4 is 17.2 Å². The maximum Gasteiger partial charge on any atom is 0.407 e. The standard InChI is InChI=1S/C33H41NO4/c1-6-8-22-36-29-16-12-15-27(24-29)31(30(7-2)25-13-10-9-11-14-25)26-17-19-28(20-18-26)37-23-21-34-32(35)38-33(3,4)5/h9-20,24H,6-8,21-23H2,1-5H3,(H,34,35)/b31-30+. The SMILES string of the molecule is CCCCOc1cccc(/C(=C(\CC)c2ccccc2)c2ccc(OCCNC(=O)OC(C)(C)C)cc2)c1. The highest BCUT2D eigenvalue weighted by Crippen LogP contribution is 2.36. The summed E-state index contributed by atoms with van der Waals surface area (Å²) in [5.74, 6) is 1.63. The Bertz CT molecular complexity index is 1180. The molecule has 0 atom stereocenters. The number of carbonyl (C=O) groups excluding carboxylic acids is 1. The second-order valence-electron chi connectivity index (χ2n) is 10.1. The second kappa shape index (κ2) is 14.3. The Kier molecular flexibility index (Phi) is 10.8. The molecule has 0 saturated heterocycles. The van der Waals surface area contributed by atoms with Crippen LogP contribution in [0.4, 0.5) is 4.79 Å². The Morgan fingerprint density at radius 2 is 1.45 bits per heavy atom. The van der Waals surface area contributed by atoms with E-state index < -0.39 is 11.7 Å². The molecule has 0 aliphatic rings. The first kappa shape index (κ1) is 28.8. The van der Waals surface area contributed by atoms with Crippen LogP contribution < -0.4 is 14.8 Å². The van der Waals surface area contributed by atoms with Crippen LogP contribution in [0.3, 0.4) is 0 Å². The number of carbonyl (C=O) groups is 1. The van der Waals surface area contributed by atoms with Crippen LogP contribution in [0.2, 0.25) is 0 Å². The van der Waals surface area contributed by atoms with Gasteiger partial charge in [0.05, 0.1) is 13.2 Å². The summed E-state index contributed by atoms with van der Waals surface area (Å²) in [4.78, 5) is 11.8. The fraction of sp³-hybridized carbons (Fsp3) is 0.364. The number of unbranched alkanes of at least 4 members (excludes halogenated alkanes) is 1. The average molecular weight is 516 g/mol. The molecule has 0 bridgehead atoms. The summed E-state index contributed by atoms with van der Waals surface area (Å²) in [5, 5.41) is 2.72. The van der Waals surface area contributed by atoms with Crippen molar-refractivity contribution in [2.45, 2.75) is 59.5 Å². The molecule has 0 fully saturated rings. The van der Waals surface area contributed by atoms with Crippen molar-refractivity contribution in [2.24, 2.45) is 0 Å². The van der Waals surface area contributed by atoms with Crippen molar-refractivity contribution in [3.63, 3.8) is 0 Å². The van der Waals surface area contributed by atoms with Crippen molar-refractivity contribution in [3.8, 4) is 11.5 Å². The maximum absolute atomic E-state index is 11.8. The summed E-state index contributed by atoms with van der Waals surface area (Å²) in [6.07, 6.45) is 2.57. The van der Waals surface area contributed by atoms with E-state index >= 15 is 0 Å². The van der Waals surface area contributed by atoms with Gasteiger partial charge < -0.3 is 19.5 Å². The first-order valence-electron chi connectivity index (χ1n) is 13.5. The van der Waals surface area contributed by atoms with E-state index in [-0.39, 0.29) is 0 Å². The minimum absolute atomic E-state index is 0.350. The molecule has 3 aromatic rings. The van der Waals surface area contributed by atoms with Gasteiger partial charge in [0, 0.05) is 0 Å². The molecule has 5 heteroatoms. The average Bonchev–Trinajstić information content (AvgIpc) is 2.90. The lowest BCUT2D eigenvalue weighted by molar-refractivity contribution is 0.0520. The van der Waals surface area contributed by atoms with Gasteiger partial charge in [-0.3, -0.25) is 0 Å². The van der Waals surface area contributed by atoms with E-state index in [1.807, 2.05) is 45.0 Å². The summed E-state index contributed by atoms with van der Waals surface area (Å²) in [5.41, 5.74) is 5.36. The highest BCUT2D eigenvalue weighted by Gasteiger charge is 2.16. The van der Waals surface area contributed by atoms with E-state index in [1.54, 1.807) is 0 Å². The molecule has 202 valence electrons. The van der Waals surface area contributed by atoms with Crippen molar-refractivity contribution in [1.29, 1.82) is 0 Å². The van der Waals surface area contributed by atoms with Crippen LogP contribution in [0.15, 0.2) is 78.9 Å². The number of ether oxygens (including phenoxy) is 3. The monoisotopic (exact) mass is 515 g/mol. The molecule has 3 aromatic carbocycles. The van der Waals surface area contributed by atoms with Crippen LogP contribution in [-0.4, -0.2) is 31.5 Å². The van der Waals surface area contributed by atoms with Crippen molar-refractivity contribution in [2.75, 3.05) is 19.8 Å². The van der Waals surface area contributed by atoms with Crippen LogP contribution in [0.25, 0.3) is 11.1 Å². The Labute approximate surface area is 227 Å². The number of alkyl carbamates (subject to hydrolysis) is 1. The van der Waals surface area contributed by atoms with Crippen molar-refractivity contribution in [3.05, 3.63) is 95.6 Å². The van der Waals surface area contributed by atoms with Crippen LogP contribution in [0.1, 0.15) is 70.6 Å². The summed E-state index contributed by atoms with van der Waals surface area (Å²) in [6, 6.07) is 27.0. The van der Waals surface area contributed by atoms with Crippen LogP contribution in [0.5, 0.6) is 11.5 Å². The quantitative estimate of drug-likeness (QED) is 0.195. The Balaban J connectivity index is 1.83. The molecule has 0 aliphatic heterocycles. The van der Waals surface area contributed by atoms with Gasteiger partial charge in [-0.15, -0.1) is 0 Å². The minimum atomic E-state index is -0.524. The highest BCUT2D eigenvalue weighted by molar-refractivity contribution is 5.98. The fourth-order valence-electron chi connectivity index (χ4n) is 4.11. The molecule has 0 heterocycles. The van der Waals surface area contributed by atoms with E-state index in [0.717, 1.165) is 41.9 Å². The summed E-state index contributed by atoms with van der Waals surface area (Å²) in [7, 11) is 0. The normalized spacial score (nSPS) is 11.9. The van der Waals surface area contributed by atoms with Crippen molar-refractivity contribution < 1.29 is 19.0 Å². The lowest BCUT2D eigenvalue weighted by atomic mass is 9.88. The molecule has 0 saturated carbocycles. The zero-order valence-electron chi connectivity index (χ0n) is 23.4. The van der Waals surface area contributed by atoms with Gasteiger partial charge in [0.2, 0.25) is 0 Å². The molecule has 3 rings (SSSR count). The maximum atomic E-state index is 11.8. The predicted molar refractivity (Wildman–Crippen MR) is 156 cm³/mol. The van der Waals surface area contributed by atoms with Gasteiger partial charge in [-0.1, -0.05) is 74.9 Å². The largest absolute Gasteiger partial charge is 0.494 e. The number of allylic oxidation sites excluding steroid dienone is 1. The summed E-state index contributed by atoms with van der Waals surface area (Å²) in [6.45, 7) is 11.3. The summed E-state index contributed by atoms with van der Waals surface area (Å²) < 4.78 is 17.2. The number of rotatable bonds is 12. The molecular formula is C33H41NO4. The molecule has 5 nitrogen and oxygen atoms in total. The van der Waals surface area contributed by atoms with E-state index in [1.165, 1.54) is 16.7 Å². The number of hydrogen-bond acceptors (Lipinski definition) is 4. The smallest absolute Gasteiger partial charge is 0.407 e. The molecule has 0 spiro atoms. The van der Waals surface area contributed by atoms with Gasteiger partial charge in [-0.05, 0) is 85.7 Å². The van der Waals surface area contributed by atoms with Gasteiger partial charge in [0.25, 0.3) is 0 Å². The fourth-order valence-corrected chi connectivity index (χ4v) is 4.11. The molecule has 38 heavy (non-hydrogen) atoms.